The van der Waals surface area contributed by atoms with Crippen molar-refractivity contribution < 1.29 is 9.59 Å². The zero-order valence-corrected chi connectivity index (χ0v) is 15.4. The molecule has 2 aromatic rings. The second-order valence-electron chi connectivity index (χ2n) is 6.46. The Hall–Kier alpha value is -2.33. The van der Waals surface area contributed by atoms with Crippen LogP contribution in [0.15, 0.2) is 42.5 Å². The summed E-state index contributed by atoms with van der Waals surface area (Å²) in [6.45, 7) is 6.65. The summed E-state index contributed by atoms with van der Waals surface area (Å²) in [5.74, 6) is -0.172. The standard InChI is InChI=1S/C20H21ClN2O2/c1-13-5-4-6-16(11-13)20(25)22-9-10-23(19(24)15(22)3)18-8-7-17(21)12-14(18)2/h4-8,11-12,15H,9-10H2,1-3H3/t15-/m1/s1. The summed E-state index contributed by atoms with van der Waals surface area (Å²) in [7, 11) is 0. The zero-order chi connectivity index (χ0) is 18.1. The quantitative estimate of drug-likeness (QED) is 0.820. The Morgan fingerprint density at radius 3 is 2.56 bits per heavy atom. The summed E-state index contributed by atoms with van der Waals surface area (Å²) in [5.41, 5.74) is 3.45. The van der Waals surface area contributed by atoms with Gasteiger partial charge in [-0.05, 0) is 56.7 Å². The van der Waals surface area contributed by atoms with Crippen LogP contribution >= 0.6 is 11.6 Å². The topological polar surface area (TPSA) is 40.6 Å². The molecule has 0 radical (unpaired) electrons. The van der Waals surface area contributed by atoms with Crippen molar-refractivity contribution in [3.8, 4) is 0 Å². The van der Waals surface area contributed by atoms with Gasteiger partial charge < -0.3 is 9.80 Å². The number of hydrogen-bond donors (Lipinski definition) is 0. The predicted molar refractivity (Wildman–Crippen MR) is 100 cm³/mol. The van der Waals surface area contributed by atoms with E-state index in [1.54, 1.807) is 28.9 Å². The highest BCUT2D eigenvalue weighted by Crippen LogP contribution is 2.27. The maximum absolute atomic E-state index is 12.9. The van der Waals surface area contributed by atoms with Crippen molar-refractivity contribution in [1.29, 1.82) is 0 Å². The highest BCUT2D eigenvalue weighted by Gasteiger charge is 2.35. The smallest absolute Gasteiger partial charge is 0.254 e. The van der Waals surface area contributed by atoms with E-state index in [1.807, 2.05) is 44.2 Å². The van der Waals surface area contributed by atoms with Crippen molar-refractivity contribution in [1.82, 2.24) is 4.90 Å². The Labute approximate surface area is 153 Å². The predicted octanol–water partition coefficient (Wildman–Crippen LogP) is 3.83. The van der Waals surface area contributed by atoms with Crippen LogP contribution in [0, 0.1) is 13.8 Å². The number of benzene rings is 2. The van der Waals surface area contributed by atoms with Gasteiger partial charge >= 0.3 is 0 Å². The molecule has 0 saturated carbocycles. The van der Waals surface area contributed by atoms with Crippen LogP contribution in [0.25, 0.3) is 0 Å². The molecule has 130 valence electrons. The van der Waals surface area contributed by atoms with Crippen LogP contribution in [0.3, 0.4) is 0 Å². The molecule has 0 spiro atoms. The minimum atomic E-state index is -0.503. The van der Waals surface area contributed by atoms with Gasteiger partial charge in [-0.25, -0.2) is 0 Å². The number of nitrogens with zero attached hydrogens (tertiary/aromatic N) is 2. The third-order valence-corrected chi connectivity index (χ3v) is 4.87. The van der Waals surface area contributed by atoms with Crippen LogP contribution in [0.5, 0.6) is 0 Å². The molecule has 1 aliphatic heterocycles. The minimum Gasteiger partial charge on any atom is -0.325 e. The van der Waals surface area contributed by atoms with Crippen LogP contribution in [0.4, 0.5) is 5.69 Å². The first-order valence-corrected chi connectivity index (χ1v) is 8.71. The van der Waals surface area contributed by atoms with E-state index >= 15 is 0 Å². The third kappa shape index (κ3) is 3.40. The molecule has 0 aliphatic carbocycles. The molecule has 1 atom stereocenters. The van der Waals surface area contributed by atoms with Crippen LogP contribution in [0.2, 0.25) is 5.02 Å². The van der Waals surface area contributed by atoms with Crippen molar-refractivity contribution in [2.45, 2.75) is 26.8 Å². The molecular formula is C20H21ClN2O2. The average Bonchev–Trinajstić information content (AvgIpc) is 2.57. The van der Waals surface area contributed by atoms with Gasteiger partial charge in [0.15, 0.2) is 0 Å². The van der Waals surface area contributed by atoms with E-state index in [-0.39, 0.29) is 11.8 Å². The second-order valence-corrected chi connectivity index (χ2v) is 6.90. The first kappa shape index (κ1) is 17.5. The Morgan fingerprint density at radius 2 is 1.88 bits per heavy atom. The lowest BCUT2D eigenvalue weighted by Crippen LogP contribution is -2.57. The van der Waals surface area contributed by atoms with Gasteiger partial charge in [0.05, 0.1) is 0 Å². The van der Waals surface area contributed by atoms with Crippen molar-refractivity contribution in [3.63, 3.8) is 0 Å². The van der Waals surface area contributed by atoms with E-state index in [0.717, 1.165) is 16.8 Å². The molecule has 0 bridgehead atoms. The maximum atomic E-state index is 12.9. The Bertz CT molecular complexity index is 834. The molecule has 25 heavy (non-hydrogen) atoms. The SMILES string of the molecule is Cc1cccc(C(=O)N2CCN(c3ccc(Cl)cc3C)C(=O)[C@H]2C)c1. The lowest BCUT2D eigenvalue weighted by atomic mass is 10.1. The molecule has 2 amide bonds. The summed E-state index contributed by atoms with van der Waals surface area (Å²) in [5, 5.41) is 0.648. The van der Waals surface area contributed by atoms with E-state index in [1.165, 1.54) is 0 Å². The van der Waals surface area contributed by atoms with Gasteiger partial charge in [0.2, 0.25) is 5.91 Å². The van der Waals surface area contributed by atoms with Gasteiger partial charge in [-0.15, -0.1) is 0 Å². The third-order valence-electron chi connectivity index (χ3n) is 4.63. The molecule has 1 heterocycles. The first-order chi connectivity index (χ1) is 11.9. The number of amides is 2. The molecule has 5 heteroatoms. The summed E-state index contributed by atoms with van der Waals surface area (Å²) >= 11 is 6.01. The number of carbonyl (C=O) groups is 2. The number of hydrogen-bond acceptors (Lipinski definition) is 2. The van der Waals surface area contributed by atoms with Crippen LogP contribution < -0.4 is 4.90 Å². The Balaban J connectivity index is 1.83. The summed E-state index contributed by atoms with van der Waals surface area (Å²) in [6.07, 6.45) is 0. The van der Waals surface area contributed by atoms with Gasteiger partial charge in [-0.3, -0.25) is 9.59 Å². The summed E-state index contributed by atoms with van der Waals surface area (Å²) in [4.78, 5) is 29.1. The monoisotopic (exact) mass is 356 g/mol. The van der Waals surface area contributed by atoms with Gasteiger partial charge in [0, 0.05) is 29.4 Å². The van der Waals surface area contributed by atoms with Gasteiger partial charge in [0.25, 0.3) is 5.91 Å². The molecule has 1 aliphatic rings. The van der Waals surface area contributed by atoms with Crippen molar-refractivity contribution in [2.75, 3.05) is 18.0 Å². The number of carbonyl (C=O) groups excluding carboxylic acids is 2. The summed E-state index contributed by atoms with van der Waals surface area (Å²) in [6, 6.07) is 12.5. The van der Waals surface area contributed by atoms with Gasteiger partial charge in [-0.2, -0.15) is 0 Å². The maximum Gasteiger partial charge on any atom is 0.254 e. The van der Waals surface area contributed by atoms with Crippen molar-refractivity contribution >= 4 is 29.1 Å². The van der Waals surface area contributed by atoms with E-state index in [9.17, 15) is 9.59 Å². The molecule has 4 nitrogen and oxygen atoms in total. The summed E-state index contributed by atoms with van der Waals surface area (Å²) < 4.78 is 0. The average molecular weight is 357 g/mol. The molecular weight excluding hydrogens is 336 g/mol. The molecule has 0 aromatic heterocycles. The molecule has 0 N–H and O–H groups in total. The fraction of sp³-hybridized carbons (Fsp3) is 0.300. The highest BCUT2D eigenvalue weighted by atomic mass is 35.5. The second kappa shape index (κ2) is 6.89. The van der Waals surface area contributed by atoms with E-state index < -0.39 is 6.04 Å². The molecule has 2 aromatic carbocycles. The fourth-order valence-corrected chi connectivity index (χ4v) is 3.48. The van der Waals surface area contributed by atoms with Crippen LogP contribution in [-0.2, 0) is 4.79 Å². The van der Waals surface area contributed by atoms with E-state index in [4.69, 9.17) is 11.6 Å². The molecule has 1 fully saturated rings. The highest BCUT2D eigenvalue weighted by molar-refractivity contribution is 6.30. The zero-order valence-electron chi connectivity index (χ0n) is 14.6. The van der Waals surface area contributed by atoms with E-state index in [0.29, 0.717) is 23.7 Å². The van der Waals surface area contributed by atoms with Crippen LogP contribution in [0.1, 0.15) is 28.4 Å². The van der Waals surface area contributed by atoms with Crippen molar-refractivity contribution in [2.24, 2.45) is 0 Å². The van der Waals surface area contributed by atoms with Gasteiger partial charge in [0.1, 0.15) is 6.04 Å². The number of rotatable bonds is 2. The largest absolute Gasteiger partial charge is 0.325 e. The molecule has 0 unspecified atom stereocenters. The Morgan fingerprint density at radius 1 is 1.12 bits per heavy atom. The molecule has 3 rings (SSSR count). The number of piperazine rings is 1. The lowest BCUT2D eigenvalue weighted by molar-refractivity contribution is -0.124. The van der Waals surface area contributed by atoms with E-state index in [2.05, 4.69) is 0 Å². The normalized spacial score (nSPS) is 17.8. The number of halogens is 1. The van der Waals surface area contributed by atoms with Crippen LogP contribution in [-0.4, -0.2) is 35.8 Å². The lowest BCUT2D eigenvalue weighted by Gasteiger charge is -2.39. The minimum absolute atomic E-state index is 0.0716. The first-order valence-electron chi connectivity index (χ1n) is 8.33. The fourth-order valence-electron chi connectivity index (χ4n) is 3.25. The van der Waals surface area contributed by atoms with Gasteiger partial charge in [-0.1, -0.05) is 29.3 Å². The molecule has 1 saturated heterocycles. The number of aryl methyl sites for hydroxylation is 2. The van der Waals surface area contributed by atoms with Crippen molar-refractivity contribution in [3.05, 3.63) is 64.2 Å². The number of anilines is 1. The Kier molecular flexibility index (Phi) is 4.82.